The molecule has 26 heavy (non-hydrogen) atoms. The van der Waals surface area contributed by atoms with Gasteiger partial charge in [-0.1, -0.05) is 61.3 Å². The fourth-order valence-corrected chi connectivity index (χ4v) is 3.53. The molecule has 2 N–H and O–H groups in total. The Morgan fingerprint density at radius 2 is 1.69 bits per heavy atom. The van der Waals surface area contributed by atoms with E-state index in [4.69, 9.17) is 12.2 Å². The van der Waals surface area contributed by atoms with Crippen LogP contribution < -0.4 is 5.32 Å². The molecule has 1 heterocycles. The van der Waals surface area contributed by atoms with E-state index < -0.39 is 0 Å². The highest BCUT2D eigenvalue weighted by Gasteiger charge is 2.26. The maximum Gasteiger partial charge on any atom is 0.252 e. The Balaban J connectivity index is 1.66. The third-order valence-corrected chi connectivity index (χ3v) is 4.90. The molecule has 0 saturated carbocycles. The van der Waals surface area contributed by atoms with E-state index >= 15 is 0 Å². The molecular formula is C21H16N2O2S. The summed E-state index contributed by atoms with van der Waals surface area (Å²) in [7, 11) is 0. The number of carbonyl (C=O) groups is 1. The Morgan fingerprint density at radius 1 is 1.00 bits per heavy atom. The molecule has 0 unspecified atom stereocenters. The lowest BCUT2D eigenvalue weighted by molar-refractivity contribution is 0.0945. The number of fused-ring (bicyclic) bond motifs is 3. The van der Waals surface area contributed by atoms with Crippen LogP contribution in [0.1, 0.15) is 27.2 Å². The summed E-state index contributed by atoms with van der Waals surface area (Å²) < 4.78 is 1.20. The van der Waals surface area contributed by atoms with Gasteiger partial charge < -0.3 is 10.5 Å². The maximum atomic E-state index is 12.8. The van der Waals surface area contributed by atoms with Gasteiger partial charge in [0, 0.05) is 11.1 Å². The highest BCUT2D eigenvalue weighted by Crippen LogP contribution is 2.44. The Kier molecular flexibility index (Phi) is 3.93. The van der Waals surface area contributed by atoms with Crippen LogP contribution in [-0.2, 0) is 6.54 Å². The fourth-order valence-electron chi connectivity index (χ4n) is 3.33. The Morgan fingerprint density at radius 3 is 2.50 bits per heavy atom. The zero-order valence-corrected chi connectivity index (χ0v) is 14.7. The van der Waals surface area contributed by atoms with Gasteiger partial charge in [-0.2, -0.15) is 4.73 Å². The summed E-state index contributed by atoms with van der Waals surface area (Å²) in [6.07, 6.45) is 0. The Bertz CT molecular complexity index is 1110. The van der Waals surface area contributed by atoms with Gasteiger partial charge in [0.25, 0.3) is 5.91 Å². The Labute approximate surface area is 156 Å². The van der Waals surface area contributed by atoms with E-state index in [0.717, 1.165) is 32.6 Å². The average molecular weight is 360 g/mol. The van der Waals surface area contributed by atoms with Crippen LogP contribution in [-0.4, -0.2) is 15.8 Å². The molecule has 0 spiro atoms. The van der Waals surface area contributed by atoms with Gasteiger partial charge in [0.15, 0.2) is 0 Å². The largest absolute Gasteiger partial charge is 0.427 e. The molecule has 4 rings (SSSR count). The number of benzene rings is 2. The van der Waals surface area contributed by atoms with Crippen molar-refractivity contribution in [1.29, 1.82) is 0 Å². The summed E-state index contributed by atoms with van der Waals surface area (Å²) in [5.74, 6) is -0.217. The van der Waals surface area contributed by atoms with E-state index in [1.807, 2.05) is 36.4 Å². The van der Waals surface area contributed by atoms with Gasteiger partial charge in [-0.05, 0) is 40.5 Å². The van der Waals surface area contributed by atoms with E-state index in [9.17, 15) is 10.0 Å². The first-order chi connectivity index (χ1) is 12.6. The van der Waals surface area contributed by atoms with E-state index in [-0.39, 0.29) is 12.5 Å². The number of hydrogen-bond acceptors (Lipinski definition) is 3. The predicted octanol–water partition coefficient (Wildman–Crippen LogP) is 4.43. The average Bonchev–Trinajstić information content (AvgIpc) is 2.96. The zero-order chi connectivity index (χ0) is 18.3. The SMILES string of the molecule is C=C1c2ccccc2-c2cccc(C(=O)NCc3cccc(=S)n3O)c21. The topological polar surface area (TPSA) is 54.3 Å². The molecule has 2 aromatic carbocycles. The van der Waals surface area contributed by atoms with Crippen LogP contribution in [0.15, 0.2) is 67.2 Å². The lowest BCUT2D eigenvalue weighted by atomic mass is 9.98. The zero-order valence-electron chi connectivity index (χ0n) is 13.9. The summed E-state index contributed by atoms with van der Waals surface area (Å²) in [6, 6.07) is 18.8. The molecule has 0 fully saturated rings. The van der Waals surface area contributed by atoms with E-state index in [0.29, 0.717) is 15.9 Å². The molecule has 4 nitrogen and oxygen atoms in total. The number of amides is 1. The van der Waals surface area contributed by atoms with E-state index in [2.05, 4.69) is 11.9 Å². The van der Waals surface area contributed by atoms with Gasteiger partial charge >= 0.3 is 0 Å². The normalized spacial score (nSPS) is 11.8. The van der Waals surface area contributed by atoms with Crippen molar-refractivity contribution in [1.82, 2.24) is 10.0 Å². The van der Waals surface area contributed by atoms with Crippen LogP contribution in [0.25, 0.3) is 16.7 Å². The van der Waals surface area contributed by atoms with E-state index in [1.165, 1.54) is 0 Å². The fraction of sp³-hybridized carbons (Fsp3) is 0.0476. The van der Waals surface area contributed by atoms with Crippen molar-refractivity contribution in [2.75, 3.05) is 0 Å². The molecule has 3 aromatic rings. The minimum absolute atomic E-state index is 0.170. The van der Waals surface area contributed by atoms with Gasteiger partial charge in [-0.15, -0.1) is 0 Å². The number of rotatable bonds is 3. The molecule has 1 aliphatic carbocycles. The summed E-state index contributed by atoms with van der Waals surface area (Å²) >= 11 is 5.02. The lowest BCUT2D eigenvalue weighted by Gasteiger charge is -2.12. The predicted molar refractivity (Wildman–Crippen MR) is 104 cm³/mol. The van der Waals surface area contributed by atoms with Gasteiger partial charge in [-0.25, -0.2) is 0 Å². The number of nitrogens with zero attached hydrogens (tertiary/aromatic N) is 1. The quantitative estimate of drug-likeness (QED) is 0.420. The van der Waals surface area contributed by atoms with E-state index in [1.54, 1.807) is 24.3 Å². The number of carbonyl (C=O) groups excluding carboxylic acids is 1. The van der Waals surface area contributed by atoms with Crippen LogP contribution in [0.4, 0.5) is 0 Å². The second kappa shape index (κ2) is 6.28. The van der Waals surface area contributed by atoms with Crippen molar-refractivity contribution >= 4 is 23.7 Å². The third-order valence-electron chi connectivity index (χ3n) is 4.59. The van der Waals surface area contributed by atoms with Crippen molar-refractivity contribution in [3.63, 3.8) is 0 Å². The molecule has 0 atom stereocenters. The molecule has 1 amide bonds. The first-order valence-corrected chi connectivity index (χ1v) is 8.59. The number of nitrogens with one attached hydrogen (secondary N) is 1. The summed E-state index contributed by atoms with van der Waals surface area (Å²) in [6.45, 7) is 4.36. The van der Waals surface area contributed by atoms with Crippen LogP contribution in [0.3, 0.4) is 0 Å². The first kappa shape index (κ1) is 16.3. The number of hydrogen-bond donors (Lipinski definition) is 2. The van der Waals surface area contributed by atoms with Crippen LogP contribution >= 0.6 is 12.2 Å². The van der Waals surface area contributed by atoms with Gasteiger partial charge in [0.1, 0.15) is 4.64 Å². The van der Waals surface area contributed by atoms with Crippen molar-refractivity contribution in [3.05, 3.63) is 94.3 Å². The first-order valence-electron chi connectivity index (χ1n) is 8.18. The summed E-state index contributed by atoms with van der Waals surface area (Å²) in [5.41, 5.74) is 5.96. The Hall–Kier alpha value is -3.18. The van der Waals surface area contributed by atoms with Crippen LogP contribution in [0.5, 0.6) is 0 Å². The molecule has 1 aromatic heterocycles. The summed E-state index contributed by atoms with van der Waals surface area (Å²) in [5, 5.41) is 12.8. The summed E-state index contributed by atoms with van der Waals surface area (Å²) in [4.78, 5) is 12.8. The number of pyridine rings is 1. The van der Waals surface area contributed by atoms with Crippen molar-refractivity contribution in [2.24, 2.45) is 0 Å². The number of aromatic nitrogens is 1. The minimum atomic E-state index is -0.217. The standard InChI is InChI=1S/C21H16N2O2S/c1-13-15-7-2-3-8-16(15)17-9-5-10-18(20(13)17)21(24)22-12-14-6-4-11-19(26)23(14)25/h2-11,25H,1,12H2,(H,22,24). The molecule has 5 heteroatoms. The molecule has 0 saturated heterocycles. The second-order valence-electron chi connectivity index (χ2n) is 6.10. The highest BCUT2D eigenvalue weighted by molar-refractivity contribution is 7.71. The van der Waals surface area contributed by atoms with Gasteiger partial charge in [0.05, 0.1) is 12.2 Å². The monoisotopic (exact) mass is 360 g/mol. The van der Waals surface area contributed by atoms with Crippen LogP contribution in [0.2, 0.25) is 0 Å². The van der Waals surface area contributed by atoms with Gasteiger partial charge in [0.2, 0.25) is 0 Å². The third kappa shape index (κ3) is 2.53. The molecule has 0 bridgehead atoms. The molecule has 1 aliphatic rings. The molecular weight excluding hydrogens is 344 g/mol. The molecule has 128 valence electrons. The highest BCUT2D eigenvalue weighted by atomic mass is 32.1. The maximum absolute atomic E-state index is 12.8. The van der Waals surface area contributed by atoms with Crippen molar-refractivity contribution in [2.45, 2.75) is 6.54 Å². The van der Waals surface area contributed by atoms with Crippen molar-refractivity contribution < 1.29 is 10.0 Å². The van der Waals surface area contributed by atoms with Crippen LogP contribution in [0, 0.1) is 4.64 Å². The van der Waals surface area contributed by atoms with Crippen molar-refractivity contribution in [3.8, 4) is 11.1 Å². The second-order valence-corrected chi connectivity index (χ2v) is 6.52. The minimum Gasteiger partial charge on any atom is -0.427 e. The van der Waals surface area contributed by atoms with Gasteiger partial charge in [-0.3, -0.25) is 4.79 Å². The molecule has 0 radical (unpaired) electrons. The lowest BCUT2D eigenvalue weighted by Crippen LogP contribution is -2.25. The smallest absolute Gasteiger partial charge is 0.252 e. The molecule has 0 aliphatic heterocycles.